The summed E-state index contributed by atoms with van der Waals surface area (Å²) in [6, 6.07) is 7.43. The van der Waals surface area contributed by atoms with E-state index >= 15 is 0 Å². The van der Waals surface area contributed by atoms with Crippen LogP contribution in [0.1, 0.15) is 45.8 Å². The van der Waals surface area contributed by atoms with Gasteiger partial charge in [0.15, 0.2) is 0 Å². The molecule has 1 aromatic carbocycles. The van der Waals surface area contributed by atoms with Crippen LogP contribution >= 0.6 is 0 Å². The Morgan fingerprint density at radius 3 is 2.78 bits per heavy atom. The number of hydrogen-bond acceptors (Lipinski definition) is 3. The fraction of sp³-hybridized carbons (Fsp3) is 0.389. The van der Waals surface area contributed by atoms with Crippen LogP contribution in [-0.2, 0) is 19.3 Å². The van der Waals surface area contributed by atoms with Crippen LogP contribution in [0.5, 0.6) is 0 Å². The molecular weight excluding hydrogens is 290 g/mol. The van der Waals surface area contributed by atoms with Gasteiger partial charge in [0.1, 0.15) is 5.82 Å². The Balaban J connectivity index is 1.60. The molecule has 0 atom stereocenters. The molecule has 5 heteroatoms. The fourth-order valence-electron chi connectivity index (χ4n) is 3.03. The van der Waals surface area contributed by atoms with Crippen LogP contribution in [0.25, 0.3) is 0 Å². The maximum atomic E-state index is 12.3. The van der Waals surface area contributed by atoms with E-state index in [2.05, 4.69) is 21.4 Å². The number of carbonyl (C=O) groups excluding carboxylic acids is 1. The number of benzene rings is 1. The molecule has 3 rings (SSSR count). The molecule has 0 fully saturated rings. The first-order chi connectivity index (χ1) is 11.1. The predicted octanol–water partition coefficient (Wildman–Crippen LogP) is 1.93. The van der Waals surface area contributed by atoms with E-state index in [1.807, 2.05) is 12.1 Å². The van der Waals surface area contributed by atoms with Gasteiger partial charge >= 0.3 is 0 Å². The minimum atomic E-state index is -0.159. The Morgan fingerprint density at radius 1 is 1.22 bits per heavy atom. The van der Waals surface area contributed by atoms with Crippen LogP contribution in [0.2, 0.25) is 0 Å². The van der Waals surface area contributed by atoms with E-state index in [0.29, 0.717) is 30.0 Å². The summed E-state index contributed by atoms with van der Waals surface area (Å²) in [4.78, 5) is 30.6. The number of aromatic nitrogens is 2. The zero-order valence-corrected chi connectivity index (χ0v) is 13.3. The summed E-state index contributed by atoms with van der Waals surface area (Å²) >= 11 is 0. The lowest BCUT2D eigenvalue weighted by Gasteiger charge is -2.16. The van der Waals surface area contributed by atoms with Crippen molar-refractivity contribution in [1.29, 1.82) is 0 Å². The highest BCUT2D eigenvalue weighted by atomic mass is 16.1. The third-order valence-corrected chi connectivity index (χ3v) is 4.18. The minimum Gasteiger partial charge on any atom is -0.352 e. The van der Waals surface area contributed by atoms with Crippen LogP contribution in [0.4, 0.5) is 0 Å². The summed E-state index contributed by atoms with van der Waals surface area (Å²) in [6.45, 7) is 2.23. The van der Waals surface area contributed by atoms with Crippen molar-refractivity contribution < 1.29 is 4.79 Å². The number of nitrogens with zero attached hydrogens (tertiary/aromatic N) is 1. The van der Waals surface area contributed by atoms with Crippen molar-refractivity contribution in [1.82, 2.24) is 15.3 Å². The molecule has 1 aliphatic rings. The summed E-state index contributed by atoms with van der Waals surface area (Å²) in [5.74, 6) is 0.522. The van der Waals surface area contributed by atoms with Crippen molar-refractivity contribution in [2.75, 3.05) is 6.54 Å². The lowest BCUT2D eigenvalue weighted by Crippen LogP contribution is -2.27. The van der Waals surface area contributed by atoms with Crippen molar-refractivity contribution in [3.63, 3.8) is 0 Å². The smallest absolute Gasteiger partial charge is 0.251 e. The molecule has 0 bridgehead atoms. The molecular formula is C18H21N3O2. The highest BCUT2D eigenvalue weighted by Crippen LogP contribution is 2.22. The molecule has 23 heavy (non-hydrogen) atoms. The molecule has 0 spiro atoms. The summed E-state index contributed by atoms with van der Waals surface area (Å²) < 4.78 is 0. The van der Waals surface area contributed by atoms with Crippen LogP contribution in [-0.4, -0.2) is 22.4 Å². The second-order valence-corrected chi connectivity index (χ2v) is 6.03. The predicted molar refractivity (Wildman–Crippen MR) is 88.7 cm³/mol. The van der Waals surface area contributed by atoms with Gasteiger partial charge in [0, 0.05) is 30.3 Å². The number of aryl methyl sites for hydroxylation is 3. The van der Waals surface area contributed by atoms with Crippen LogP contribution < -0.4 is 10.9 Å². The third kappa shape index (κ3) is 3.86. The van der Waals surface area contributed by atoms with Crippen molar-refractivity contribution >= 4 is 5.91 Å². The summed E-state index contributed by atoms with van der Waals surface area (Å²) in [6.07, 6.45) is 5.12. The zero-order chi connectivity index (χ0) is 16.2. The molecule has 1 aliphatic carbocycles. The average Bonchev–Trinajstić information content (AvgIpc) is 2.53. The van der Waals surface area contributed by atoms with Gasteiger partial charge in [-0.2, -0.15) is 0 Å². The Labute approximate surface area is 135 Å². The number of H-pyrrole nitrogens is 1. The number of fused-ring (bicyclic) bond motifs is 1. The standard InChI is InChI=1S/C18H21N3O2/c1-12-10-17(22)21-16(20-12)8-9-19-18(23)15-7-6-13-4-2-3-5-14(13)11-15/h6-7,10-11H,2-5,8-9H2,1H3,(H,19,23)(H,20,21,22). The zero-order valence-electron chi connectivity index (χ0n) is 13.3. The van der Waals surface area contributed by atoms with Gasteiger partial charge in [-0.05, 0) is 55.9 Å². The van der Waals surface area contributed by atoms with Gasteiger partial charge in [-0.3, -0.25) is 9.59 Å². The Hall–Kier alpha value is -2.43. The number of hydrogen-bond donors (Lipinski definition) is 2. The van der Waals surface area contributed by atoms with Crippen molar-refractivity contribution in [2.45, 2.75) is 39.0 Å². The molecule has 2 N–H and O–H groups in total. The number of amides is 1. The summed E-state index contributed by atoms with van der Waals surface area (Å²) in [5, 5.41) is 2.89. The minimum absolute atomic E-state index is 0.0756. The van der Waals surface area contributed by atoms with E-state index in [4.69, 9.17) is 0 Å². The second-order valence-electron chi connectivity index (χ2n) is 6.03. The average molecular weight is 311 g/mol. The van der Waals surface area contributed by atoms with Gasteiger partial charge < -0.3 is 10.3 Å². The Kier molecular flexibility index (Phi) is 4.55. The highest BCUT2D eigenvalue weighted by molar-refractivity contribution is 5.94. The lowest BCUT2D eigenvalue weighted by molar-refractivity contribution is 0.0954. The van der Waals surface area contributed by atoms with Gasteiger partial charge in [0.2, 0.25) is 0 Å². The maximum Gasteiger partial charge on any atom is 0.251 e. The second kappa shape index (κ2) is 6.77. The van der Waals surface area contributed by atoms with E-state index in [0.717, 1.165) is 12.8 Å². The van der Waals surface area contributed by atoms with Gasteiger partial charge in [0.05, 0.1) is 0 Å². The van der Waals surface area contributed by atoms with E-state index in [-0.39, 0.29) is 11.5 Å². The molecule has 0 saturated heterocycles. The monoisotopic (exact) mass is 311 g/mol. The molecule has 0 saturated carbocycles. The third-order valence-electron chi connectivity index (χ3n) is 4.18. The molecule has 5 nitrogen and oxygen atoms in total. The van der Waals surface area contributed by atoms with Gasteiger partial charge in [-0.25, -0.2) is 4.98 Å². The van der Waals surface area contributed by atoms with E-state index in [1.54, 1.807) is 6.92 Å². The van der Waals surface area contributed by atoms with Crippen molar-refractivity contribution in [3.05, 3.63) is 62.8 Å². The largest absolute Gasteiger partial charge is 0.352 e. The highest BCUT2D eigenvalue weighted by Gasteiger charge is 2.12. The first-order valence-electron chi connectivity index (χ1n) is 8.09. The normalized spacial score (nSPS) is 13.4. The molecule has 0 unspecified atom stereocenters. The topological polar surface area (TPSA) is 74.8 Å². The quantitative estimate of drug-likeness (QED) is 0.906. The van der Waals surface area contributed by atoms with Crippen LogP contribution in [0, 0.1) is 6.92 Å². The van der Waals surface area contributed by atoms with Crippen molar-refractivity contribution in [2.24, 2.45) is 0 Å². The number of carbonyl (C=O) groups is 1. The number of rotatable bonds is 4. The van der Waals surface area contributed by atoms with E-state index in [9.17, 15) is 9.59 Å². The maximum absolute atomic E-state index is 12.3. The summed E-state index contributed by atoms with van der Waals surface area (Å²) in [7, 11) is 0. The molecule has 1 aromatic heterocycles. The van der Waals surface area contributed by atoms with Gasteiger partial charge in [-0.1, -0.05) is 6.07 Å². The van der Waals surface area contributed by atoms with E-state index in [1.165, 1.54) is 30.0 Å². The Bertz CT molecular complexity index is 780. The molecule has 1 heterocycles. The van der Waals surface area contributed by atoms with E-state index < -0.39 is 0 Å². The molecule has 0 aliphatic heterocycles. The van der Waals surface area contributed by atoms with Crippen molar-refractivity contribution in [3.8, 4) is 0 Å². The van der Waals surface area contributed by atoms with Gasteiger partial charge in [0.25, 0.3) is 11.5 Å². The SMILES string of the molecule is Cc1cc(=O)[nH]c(CCNC(=O)c2ccc3c(c2)CCCC3)n1. The molecule has 1 amide bonds. The molecule has 2 aromatic rings. The summed E-state index contributed by atoms with van der Waals surface area (Å²) in [5.41, 5.74) is 3.90. The first-order valence-corrected chi connectivity index (χ1v) is 8.09. The molecule has 0 radical (unpaired) electrons. The molecule has 120 valence electrons. The van der Waals surface area contributed by atoms with Gasteiger partial charge in [-0.15, -0.1) is 0 Å². The number of nitrogens with one attached hydrogen (secondary N) is 2. The Morgan fingerprint density at radius 2 is 2.00 bits per heavy atom. The fourth-order valence-corrected chi connectivity index (χ4v) is 3.03. The van der Waals surface area contributed by atoms with Crippen LogP contribution in [0.3, 0.4) is 0 Å². The number of aromatic amines is 1. The van der Waals surface area contributed by atoms with Crippen LogP contribution in [0.15, 0.2) is 29.1 Å². The lowest BCUT2D eigenvalue weighted by atomic mass is 9.90. The first kappa shape index (κ1) is 15.5.